The molecule has 3 rings (SSSR count). The van der Waals surface area contributed by atoms with Crippen LogP contribution in [0.4, 0.5) is 11.4 Å². The zero-order chi connectivity index (χ0) is 22.4. The van der Waals surface area contributed by atoms with Crippen LogP contribution < -0.4 is 14.8 Å². The van der Waals surface area contributed by atoms with Crippen molar-refractivity contribution in [2.45, 2.75) is 11.3 Å². The van der Waals surface area contributed by atoms with Gasteiger partial charge >= 0.3 is 0 Å². The monoisotopic (exact) mass is 458 g/mol. The Balaban J connectivity index is 1.74. The zero-order valence-corrected chi connectivity index (χ0v) is 18.0. The van der Waals surface area contributed by atoms with Crippen molar-refractivity contribution in [2.75, 3.05) is 17.1 Å². The number of nitrogens with one attached hydrogen (secondary N) is 2. The van der Waals surface area contributed by atoms with Crippen molar-refractivity contribution >= 4 is 44.7 Å². The van der Waals surface area contributed by atoms with Gasteiger partial charge in [0.1, 0.15) is 10.6 Å². The Kier molecular flexibility index (Phi) is 6.94. The number of benzene rings is 3. The standard InChI is InChI=1S/C22H19ClN2O5S/c1-30-18-10-7-16(8-11-18)25-31(28,29)21-13-17(9-12-19(21)23)24-22(27)14-20(26)15-5-3-2-4-6-15/h2-13,25H,14H2,1H3,(H,24,27). The highest BCUT2D eigenvalue weighted by Gasteiger charge is 2.20. The molecule has 7 nitrogen and oxygen atoms in total. The first-order valence-electron chi connectivity index (χ1n) is 9.13. The maximum absolute atomic E-state index is 12.8. The number of ether oxygens (including phenoxy) is 1. The first-order chi connectivity index (χ1) is 14.8. The van der Waals surface area contributed by atoms with Crippen LogP contribution in [0.5, 0.6) is 5.75 Å². The highest BCUT2D eigenvalue weighted by Crippen LogP contribution is 2.27. The van der Waals surface area contributed by atoms with E-state index in [9.17, 15) is 18.0 Å². The molecule has 0 aromatic heterocycles. The molecule has 160 valence electrons. The van der Waals surface area contributed by atoms with Crippen LogP contribution in [-0.2, 0) is 14.8 Å². The molecular weight excluding hydrogens is 440 g/mol. The first kappa shape index (κ1) is 22.3. The second kappa shape index (κ2) is 9.63. The van der Waals surface area contributed by atoms with Gasteiger partial charge in [-0.15, -0.1) is 0 Å². The number of amides is 1. The van der Waals surface area contributed by atoms with Gasteiger partial charge in [0.15, 0.2) is 5.78 Å². The molecule has 0 aliphatic carbocycles. The molecule has 0 heterocycles. The van der Waals surface area contributed by atoms with Gasteiger partial charge in [-0.05, 0) is 42.5 Å². The number of carbonyl (C=O) groups excluding carboxylic acids is 2. The summed E-state index contributed by atoms with van der Waals surface area (Å²) in [6, 6.07) is 18.8. The summed E-state index contributed by atoms with van der Waals surface area (Å²) >= 11 is 6.09. The minimum atomic E-state index is -4.03. The fourth-order valence-corrected chi connectivity index (χ4v) is 4.32. The molecule has 2 N–H and O–H groups in total. The number of sulfonamides is 1. The molecule has 0 saturated carbocycles. The Morgan fingerprint density at radius 3 is 2.23 bits per heavy atom. The third-order valence-corrected chi connectivity index (χ3v) is 6.13. The lowest BCUT2D eigenvalue weighted by Crippen LogP contribution is -2.18. The minimum Gasteiger partial charge on any atom is -0.497 e. The third-order valence-electron chi connectivity index (χ3n) is 4.26. The van der Waals surface area contributed by atoms with E-state index < -0.39 is 15.9 Å². The Morgan fingerprint density at radius 2 is 1.58 bits per heavy atom. The van der Waals surface area contributed by atoms with Gasteiger partial charge in [-0.2, -0.15) is 0 Å². The predicted octanol–water partition coefficient (Wildman–Crippen LogP) is 4.36. The summed E-state index contributed by atoms with van der Waals surface area (Å²) in [6.07, 6.45) is -0.376. The molecular formula is C22H19ClN2O5S. The van der Waals surface area contributed by atoms with Gasteiger partial charge < -0.3 is 10.1 Å². The van der Waals surface area contributed by atoms with Gasteiger partial charge in [0.25, 0.3) is 10.0 Å². The summed E-state index contributed by atoms with van der Waals surface area (Å²) in [5.41, 5.74) is 0.936. The van der Waals surface area contributed by atoms with Gasteiger partial charge in [0, 0.05) is 16.9 Å². The summed E-state index contributed by atoms with van der Waals surface area (Å²) in [5.74, 6) is -0.334. The van der Waals surface area contributed by atoms with Crippen molar-refractivity contribution in [1.29, 1.82) is 0 Å². The fourth-order valence-electron chi connectivity index (χ4n) is 2.73. The van der Waals surface area contributed by atoms with Crippen LogP contribution in [0.2, 0.25) is 5.02 Å². The quantitative estimate of drug-likeness (QED) is 0.385. The molecule has 0 aliphatic rings. The number of anilines is 2. The number of rotatable bonds is 8. The number of halogens is 1. The predicted molar refractivity (Wildman–Crippen MR) is 119 cm³/mol. The molecule has 0 bridgehead atoms. The number of carbonyl (C=O) groups is 2. The number of hydrogen-bond acceptors (Lipinski definition) is 5. The second-order valence-corrected chi connectivity index (χ2v) is 8.55. The van der Waals surface area contributed by atoms with E-state index in [-0.39, 0.29) is 27.8 Å². The summed E-state index contributed by atoms with van der Waals surface area (Å²) < 4.78 is 33.0. The molecule has 3 aromatic rings. The molecule has 1 amide bonds. The van der Waals surface area contributed by atoms with Gasteiger partial charge in [-0.1, -0.05) is 41.9 Å². The van der Waals surface area contributed by atoms with E-state index in [1.807, 2.05) is 0 Å². The van der Waals surface area contributed by atoms with Crippen LogP contribution in [0.1, 0.15) is 16.8 Å². The maximum Gasteiger partial charge on any atom is 0.263 e. The number of ketones is 1. The Bertz CT molecular complexity index is 1200. The zero-order valence-electron chi connectivity index (χ0n) is 16.5. The molecule has 0 radical (unpaired) electrons. The van der Waals surface area contributed by atoms with E-state index in [2.05, 4.69) is 10.0 Å². The summed E-state index contributed by atoms with van der Waals surface area (Å²) in [4.78, 5) is 24.2. The number of Topliss-reactive ketones (excluding diaryl/α,β-unsaturated/α-hetero) is 1. The van der Waals surface area contributed by atoms with Gasteiger partial charge in [-0.3, -0.25) is 14.3 Å². The van der Waals surface area contributed by atoms with E-state index in [0.717, 1.165) is 0 Å². The van der Waals surface area contributed by atoms with Crippen molar-refractivity contribution in [2.24, 2.45) is 0 Å². The molecule has 9 heteroatoms. The van der Waals surface area contributed by atoms with Crippen LogP contribution in [0, 0.1) is 0 Å². The van der Waals surface area contributed by atoms with E-state index in [0.29, 0.717) is 17.0 Å². The van der Waals surface area contributed by atoms with Crippen LogP contribution in [-0.4, -0.2) is 27.2 Å². The Hall–Kier alpha value is -3.36. The normalized spacial score (nSPS) is 10.9. The Morgan fingerprint density at radius 1 is 0.935 bits per heavy atom. The lowest BCUT2D eigenvalue weighted by Gasteiger charge is -2.12. The third kappa shape index (κ3) is 5.84. The molecule has 0 aliphatic heterocycles. The molecule has 0 fully saturated rings. The molecule has 0 saturated heterocycles. The summed E-state index contributed by atoms with van der Waals surface area (Å²) in [5, 5.41) is 2.52. The van der Waals surface area contributed by atoms with Crippen molar-refractivity contribution in [3.8, 4) is 5.75 Å². The van der Waals surface area contributed by atoms with Crippen LogP contribution >= 0.6 is 11.6 Å². The van der Waals surface area contributed by atoms with E-state index in [4.69, 9.17) is 16.3 Å². The average Bonchev–Trinajstić information content (AvgIpc) is 2.75. The largest absolute Gasteiger partial charge is 0.497 e. The average molecular weight is 459 g/mol. The topological polar surface area (TPSA) is 102 Å². The fraction of sp³-hybridized carbons (Fsp3) is 0.0909. The maximum atomic E-state index is 12.8. The van der Waals surface area contributed by atoms with Gasteiger partial charge in [0.05, 0.1) is 18.6 Å². The summed E-state index contributed by atoms with van der Waals surface area (Å²) in [7, 11) is -2.52. The van der Waals surface area contributed by atoms with E-state index in [1.165, 1.54) is 25.3 Å². The first-order valence-corrected chi connectivity index (χ1v) is 11.0. The van der Waals surface area contributed by atoms with Crippen molar-refractivity contribution in [3.05, 3.63) is 83.4 Å². The smallest absolute Gasteiger partial charge is 0.263 e. The van der Waals surface area contributed by atoms with Crippen LogP contribution in [0.25, 0.3) is 0 Å². The van der Waals surface area contributed by atoms with E-state index in [1.54, 1.807) is 54.6 Å². The Labute approximate surface area is 185 Å². The van der Waals surface area contributed by atoms with Crippen LogP contribution in [0.15, 0.2) is 77.7 Å². The molecule has 0 unspecified atom stereocenters. The van der Waals surface area contributed by atoms with E-state index >= 15 is 0 Å². The lowest BCUT2D eigenvalue weighted by atomic mass is 10.1. The summed E-state index contributed by atoms with van der Waals surface area (Å²) in [6.45, 7) is 0. The minimum absolute atomic E-state index is 0.0145. The number of methoxy groups -OCH3 is 1. The van der Waals surface area contributed by atoms with Gasteiger partial charge in [-0.25, -0.2) is 8.42 Å². The van der Waals surface area contributed by atoms with Gasteiger partial charge in [0.2, 0.25) is 5.91 Å². The van der Waals surface area contributed by atoms with Crippen molar-refractivity contribution in [3.63, 3.8) is 0 Å². The lowest BCUT2D eigenvalue weighted by molar-refractivity contribution is -0.115. The molecule has 31 heavy (non-hydrogen) atoms. The highest BCUT2D eigenvalue weighted by molar-refractivity contribution is 7.92. The van der Waals surface area contributed by atoms with Crippen LogP contribution in [0.3, 0.4) is 0 Å². The van der Waals surface area contributed by atoms with Crippen molar-refractivity contribution in [1.82, 2.24) is 0 Å². The molecule has 3 aromatic carbocycles. The highest BCUT2D eigenvalue weighted by atomic mass is 35.5. The van der Waals surface area contributed by atoms with Crippen molar-refractivity contribution < 1.29 is 22.7 Å². The SMILES string of the molecule is COc1ccc(NS(=O)(=O)c2cc(NC(=O)CC(=O)c3ccccc3)ccc2Cl)cc1. The second-order valence-electron chi connectivity index (χ2n) is 6.49. The number of hydrogen-bond donors (Lipinski definition) is 2. The molecule has 0 spiro atoms. The molecule has 0 atom stereocenters.